The highest BCUT2D eigenvalue weighted by Gasteiger charge is 2.16. The average Bonchev–Trinajstić information content (AvgIpc) is 2.53. The third kappa shape index (κ3) is 2.75. The second-order valence-electron chi connectivity index (χ2n) is 4.55. The zero-order valence-corrected chi connectivity index (χ0v) is 12.3. The molecule has 4 heteroatoms. The molecule has 0 saturated carbocycles. The van der Waals surface area contributed by atoms with Gasteiger partial charge in [0.25, 0.3) is 0 Å². The van der Waals surface area contributed by atoms with Gasteiger partial charge in [-0.25, -0.2) is 0 Å². The summed E-state index contributed by atoms with van der Waals surface area (Å²) < 4.78 is 11.0. The largest absolute Gasteiger partial charge is 0.493 e. The third-order valence-corrected chi connectivity index (χ3v) is 3.43. The fourth-order valence-corrected chi connectivity index (χ4v) is 2.15. The van der Waals surface area contributed by atoms with E-state index in [-0.39, 0.29) is 6.04 Å². The summed E-state index contributed by atoms with van der Waals surface area (Å²) in [6.07, 6.45) is 3.55. The molecule has 0 aliphatic carbocycles. The normalized spacial score (nSPS) is 12.0. The van der Waals surface area contributed by atoms with Crippen LogP contribution in [0.4, 0.5) is 0 Å². The van der Waals surface area contributed by atoms with E-state index >= 15 is 0 Å². The summed E-state index contributed by atoms with van der Waals surface area (Å²) in [4.78, 5) is 4.06. The summed E-state index contributed by atoms with van der Waals surface area (Å²) in [5.41, 5.74) is 3.21. The van der Waals surface area contributed by atoms with E-state index in [1.165, 1.54) is 0 Å². The third-order valence-electron chi connectivity index (χ3n) is 3.43. The molecular formula is C16H20N2O2. The average molecular weight is 272 g/mol. The number of aromatic nitrogens is 1. The monoisotopic (exact) mass is 272 g/mol. The minimum atomic E-state index is 0.232. The predicted octanol–water partition coefficient (Wildman–Crippen LogP) is 3.05. The van der Waals surface area contributed by atoms with Gasteiger partial charge in [0.05, 0.1) is 14.2 Å². The van der Waals surface area contributed by atoms with Gasteiger partial charge in [-0.2, -0.15) is 0 Å². The van der Waals surface area contributed by atoms with Crippen LogP contribution in [0, 0.1) is 0 Å². The Bertz CT molecular complexity index is 570. The highest BCUT2D eigenvalue weighted by Crippen LogP contribution is 2.40. The van der Waals surface area contributed by atoms with Gasteiger partial charge >= 0.3 is 0 Å². The molecule has 1 N–H and O–H groups in total. The predicted molar refractivity (Wildman–Crippen MR) is 80.3 cm³/mol. The number of ether oxygens (including phenoxy) is 2. The van der Waals surface area contributed by atoms with Crippen LogP contribution in [0.5, 0.6) is 11.5 Å². The van der Waals surface area contributed by atoms with E-state index in [2.05, 4.69) is 23.3 Å². The summed E-state index contributed by atoms with van der Waals surface area (Å²) in [6, 6.07) is 8.29. The second kappa shape index (κ2) is 6.39. The van der Waals surface area contributed by atoms with Crippen molar-refractivity contribution in [2.75, 3.05) is 21.3 Å². The molecule has 4 nitrogen and oxygen atoms in total. The Morgan fingerprint density at radius 2 is 1.80 bits per heavy atom. The van der Waals surface area contributed by atoms with E-state index in [9.17, 15) is 0 Å². The zero-order valence-electron chi connectivity index (χ0n) is 12.3. The summed E-state index contributed by atoms with van der Waals surface area (Å²) in [7, 11) is 5.25. The van der Waals surface area contributed by atoms with Crippen molar-refractivity contribution in [2.45, 2.75) is 13.0 Å². The Kier molecular flexibility index (Phi) is 4.58. The van der Waals surface area contributed by atoms with Crippen LogP contribution in [-0.4, -0.2) is 26.3 Å². The van der Waals surface area contributed by atoms with Gasteiger partial charge in [-0.05, 0) is 49.4 Å². The van der Waals surface area contributed by atoms with Gasteiger partial charge in [0, 0.05) is 24.0 Å². The lowest BCUT2D eigenvalue weighted by atomic mass is 9.99. The van der Waals surface area contributed by atoms with Crippen LogP contribution in [-0.2, 0) is 0 Å². The highest BCUT2D eigenvalue weighted by molar-refractivity contribution is 5.74. The fraction of sp³-hybridized carbons (Fsp3) is 0.312. The molecule has 2 rings (SSSR count). The van der Waals surface area contributed by atoms with E-state index in [1.807, 2.05) is 25.2 Å². The van der Waals surface area contributed by atoms with Crippen molar-refractivity contribution in [2.24, 2.45) is 0 Å². The molecule has 1 unspecified atom stereocenters. The molecule has 0 amide bonds. The van der Waals surface area contributed by atoms with E-state index < -0.39 is 0 Å². The first-order chi connectivity index (χ1) is 9.71. The molecule has 1 atom stereocenters. The molecule has 0 radical (unpaired) electrons. The van der Waals surface area contributed by atoms with Gasteiger partial charge in [0.2, 0.25) is 0 Å². The number of methoxy groups -OCH3 is 2. The number of nitrogens with zero attached hydrogens (tertiary/aromatic N) is 1. The summed E-state index contributed by atoms with van der Waals surface area (Å²) in [5, 5.41) is 3.24. The lowest BCUT2D eigenvalue weighted by Gasteiger charge is -2.18. The van der Waals surface area contributed by atoms with Crippen molar-refractivity contribution in [3.8, 4) is 22.6 Å². The number of rotatable bonds is 5. The Labute approximate surface area is 119 Å². The first-order valence-electron chi connectivity index (χ1n) is 6.54. The quantitative estimate of drug-likeness (QED) is 0.908. The van der Waals surface area contributed by atoms with Crippen molar-refractivity contribution in [1.82, 2.24) is 10.3 Å². The molecule has 0 aliphatic heterocycles. The molecule has 20 heavy (non-hydrogen) atoms. The maximum atomic E-state index is 5.52. The molecule has 1 aromatic heterocycles. The lowest BCUT2D eigenvalue weighted by molar-refractivity contribution is 0.355. The van der Waals surface area contributed by atoms with Crippen molar-refractivity contribution in [3.05, 3.63) is 42.2 Å². The van der Waals surface area contributed by atoms with Crippen LogP contribution in [0.3, 0.4) is 0 Å². The second-order valence-corrected chi connectivity index (χ2v) is 4.55. The standard InChI is InChI=1S/C16H20N2O2/c1-11(17-2)13-9-14(12-5-7-18-8-6-12)16(20-4)15(10-13)19-3/h5-11,17H,1-4H3. The van der Waals surface area contributed by atoms with Crippen LogP contribution in [0.15, 0.2) is 36.7 Å². The first kappa shape index (κ1) is 14.3. The number of hydrogen-bond acceptors (Lipinski definition) is 4. The molecule has 0 saturated heterocycles. The van der Waals surface area contributed by atoms with Gasteiger partial charge in [0.1, 0.15) is 0 Å². The SMILES string of the molecule is CNC(C)c1cc(OC)c(OC)c(-c2ccncc2)c1. The zero-order chi connectivity index (χ0) is 14.5. The van der Waals surface area contributed by atoms with E-state index in [0.29, 0.717) is 0 Å². The van der Waals surface area contributed by atoms with Gasteiger partial charge in [-0.3, -0.25) is 4.98 Å². The molecular weight excluding hydrogens is 252 g/mol. The van der Waals surface area contributed by atoms with E-state index in [1.54, 1.807) is 26.6 Å². The van der Waals surface area contributed by atoms with Crippen LogP contribution < -0.4 is 14.8 Å². The molecule has 0 spiro atoms. The van der Waals surface area contributed by atoms with Crippen LogP contribution in [0.25, 0.3) is 11.1 Å². The molecule has 106 valence electrons. The van der Waals surface area contributed by atoms with Crippen molar-refractivity contribution < 1.29 is 9.47 Å². The van der Waals surface area contributed by atoms with Gasteiger partial charge < -0.3 is 14.8 Å². The minimum absolute atomic E-state index is 0.232. The van der Waals surface area contributed by atoms with E-state index in [4.69, 9.17) is 9.47 Å². The van der Waals surface area contributed by atoms with Crippen LogP contribution in [0.2, 0.25) is 0 Å². The minimum Gasteiger partial charge on any atom is -0.493 e. The Hall–Kier alpha value is -2.07. The summed E-state index contributed by atoms with van der Waals surface area (Å²) in [6.45, 7) is 2.11. The summed E-state index contributed by atoms with van der Waals surface area (Å²) >= 11 is 0. The molecule has 1 heterocycles. The summed E-state index contributed by atoms with van der Waals surface area (Å²) in [5.74, 6) is 1.48. The van der Waals surface area contributed by atoms with Gasteiger partial charge in [0.15, 0.2) is 11.5 Å². The maximum Gasteiger partial charge on any atom is 0.168 e. The number of hydrogen-bond donors (Lipinski definition) is 1. The molecule has 2 aromatic rings. The maximum absolute atomic E-state index is 5.52. The van der Waals surface area contributed by atoms with Crippen molar-refractivity contribution in [3.63, 3.8) is 0 Å². The van der Waals surface area contributed by atoms with Gasteiger partial charge in [-0.1, -0.05) is 0 Å². The number of benzene rings is 1. The Morgan fingerprint density at radius 3 is 2.35 bits per heavy atom. The molecule has 1 aromatic carbocycles. The van der Waals surface area contributed by atoms with Crippen LogP contribution >= 0.6 is 0 Å². The first-order valence-corrected chi connectivity index (χ1v) is 6.54. The smallest absolute Gasteiger partial charge is 0.168 e. The number of nitrogens with one attached hydrogen (secondary N) is 1. The highest BCUT2D eigenvalue weighted by atomic mass is 16.5. The van der Waals surface area contributed by atoms with Crippen molar-refractivity contribution in [1.29, 1.82) is 0 Å². The van der Waals surface area contributed by atoms with E-state index in [0.717, 1.165) is 28.2 Å². The Morgan fingerprint density at radius 1 is 1.10 bits per heavy atom. The molecule has 0 aliphatic rings. The Balaban J connectivity index is 2.63. The van der Waals surface area contributed by atoms with Crippen molar-refractivity contribution >= 4 is 0 Å². The lowest BCUT2D eigenvalue weighted by Crippen LogP contribution is -2.12. The molecule has 0 fully saturated rings. The molecule has 0 bridgehead atoms. The van der Waals surface area contributed by atoms with Gasteiger partial charge in [-0.15, -0.1) is 0 Å². The number of pyridine rings is 1. The topological polar surface area (TPSA) is 43.4 Å². The van der Waals surface area contributed by atoms with Crippen LogP contribution in [0.1, 0.15) is 18.5 Å². The fourth-order valence-electron chi connectivity index (χ4n) is 2.15.